The molecule has 0 nitrogen and oxygen atoms in total. The van der Waals surface area contributed by atoms with E-state index in [4.69, 9.17) is 11.6 Å². The number of hydrogen-bond acceptors (Lipinski definition) is 1. The topological polar surface area (TPSA) is 0 Å². The van der Waals surface area contributed by atoms with Crippen molar-refractivity contribution in [1.82, 2.24) is 0 Å². The smallest absolute Gasteiger partial charge is 0.0485 e. The summed E-state index contributed by atoms with van der Waals surface area (Å²) in [4.78, 5) is 1.41. The molecule has 0 N–H and O–H groups in total. The zero-order valence-electron chi connectivity index (χ0n) is 6.28. The molecule has 1 aromatic heterocycles. The van der Waals surface area contributed by atoms with Crippen LogP contribution in [0.2, 0.25) is 0 Å². The molecule has 0 spiro atoms. The number of halogens is 1. The molecule has 1 heterocycles. The Morgan fingerprint density at radius 1 is 1.60 bits per heavy atom. The van der Waals surface area contributed by atoms with Gasteiger partial charge in [-0.15, -0.1) is 22.9 Å². The van der Waals surface area contributed by atoms with E-state index in [1.165, 1.54) is 16.0 Å². The Labute approximate surface area is 70.8 Å². The van der Waals surface area contributed by atoms with Crippen molar-refractivity contribution in [3.63, 3.8) is 0 Å². The quantitative estimate of drug-likeness (QED) is 0.604. The van der Waals surface area contributed by atoms with Gasteiger partial charge < -0.3 is 0 Å². The number of thiophene rings is 1. The van der Waals surface area contributed by atoms with Crippen LogP contribution in [0.3, 0.4) is 0 Å². The Kier molecular flexibility index (Phi) is 2.75. The minimum Gasteiger partial charge on any atom is -0.149 e. The molecule has 56 valence electrons. The largest absolute Gasteiger partial charge is 0.149 e. The second kappa shape index (κ2) is 3.40. The number of hydrogen-bond donors (Lipinski definition) is 0. The SMILES string of the molecule is CCc1c(CCl)csc1C. The second-order valence-electron chi connectivity index (χ2n) is 2.28. The van der Waals surface area contributed by atoms with Crippen molar-refractivity contribution in [3.05, 3.63) is 21.4 Å². The summed E-state index contributed by atoms with van der Waals surface area (Å²) >= 11 is 7.53. The van der Waals surface area contributed by atoms with Gasteiger partial charge in [-0.3, -0.25) is 0 Å². The van der Waals surface area contributed by atoms with Crippen LogP contribution in [0.5, 0.6) is 0 Å². The number of aryl methyl sites for hydroxylation is 1. The van der Waals surface area contributed by atoms with Crippen LogP contribution in [0.1, 0.15) is 22.9 Å². The van der Waals surface area contributed by atoms with Crippen LogP contribution < -0.4 is 0 Å². The normalized spacial score (nSPS) is 10.3. The molecule has 0 fully saturated rings. The lowest BCUT2D eigenvalue weighted by atomic mass is 10.1. The van der Waals surface area contributed by atoms with Crippen molar-refractivity contribution in [1.29, 1.82) is 0 Å². The molecule has 0 atom stereocenters. The van der Waals surface area contributed by atoms with Crippen LogP contribution in [0, 0.1) is 6.92 Å². The average Bonchev–Trinajstić information content (AvgIpc) is 2.30. The Morgan fingerprint density at radius 3 is 2.70 bits per heavy atom. The number of rotatable bonds is 2. The fourth-order valence-electron chi connectivity index (χ4n) is 1.12. The maximum atomic E-state index is 5.73. The first kappa shape index (κ1) is 8.09. The van der Waals surface area contributed by atoms with Crippen LogP contribution in [0.4, 0.5) is 0 Å². The third-order valence-electron chi connectivity index (χ3n) is 1.69. The zero-order chi connectivity index (χ0) is 7.56. The zero-order valence-corrected chi connectivity index (χ0v) is 7.85. The summed E-state index contributed by atoms with van der Waals surface area (Å²) in [5.74, 6) is 0.660. The summed E-state index contributed by atoms with van der Waals surface area (Å²) < 4.78 is 0. The highest BCUT2D eigenvalue weighted by Gasteiger charge is 2.03. The highest BCUT2D eigenvalue weighted by Crippen LogP contribution is 2.23. The summed E-state index contributed by atoms with van der Waals surface area (Å²) in [6.45, 7) is 4.32. The van der Waals surface area contributed by atoms with Gasteiger partial charge in [0.05, 0.1) is 0 Å². The van der Waals surface area contributed by atoms with Gasteiger partial charge >= 0.3 is 0 Å². The van der Waals surface area contributed by atoms with Crippen LogP contribution in [-0.4, -0.2) is 0 Å². The molecule has 0 aromatic carbocycles. The van der Waals surface area contributed by atoms with Gasteiger partial charge in [0.2, 0.25) is 0 Å². The van der Waals surface area contributed by atoms with Crippen LogP contribution in [-0.2, 0) is 12.3 Å². The van der Waals surface area contributed by atoms with Crippen molar-refractivity contribution < 1.29 is 0 Å². The first-order valence-electron chi connectivity index (χ1n) is 3.41. The predicted octanol–water partition coefficient (Wildman–Crippen LogP) is 3.36. The minimum atomic E-state index is 0.660. The van der Waals surface area contributed by atoms with E-state index < -0.39 is 0 Å². The van der Waals surface area contributed by atoms with Crippen LogP contribution >= 0.6 is 22.9 Å². The average molecular weight is 175 g/mol. The third kappa shape index (κ3) is 1.35. The van der Waals surface area contributed by atoms with Crippen molar-refractivity contribution >= 4 is 22.9 Å². The summed E-state index contributed by atoms with van der Waals surface area (Å²) in [5.41, 5.74) is 2.76. The third-order valence-corrected chi connectivity index (χ3v) is 2.98. The molecule has 0 bridgehead atoms. The summed E-state index contributed by atoms with van der Waals surface area (Å²) in [7, 11) is 0. The fourth-order valence-corrected chi connectivity index (χ4v) is 2.41. The van der Waals surface area contributed by atoms with Crippen molar-refractivity contribution in [2.24, 2.45) is 0 Å². The first-order chi connectivity index (χ1) is 4.79. The Hall–Kier alpha value is -0.0100. The maximum Gasteiger partial charge on any atom is 0.0485 e. The molecule has 1 rings (SSSR count). The molecular weight excluding hydrogens is 164 g/mol. The standard InChI is InChI=1S/C8H11ClS/c1-3-8-6(2)10-5-7(8)4-9/h5H,3-4H2,1-2H3. The van der Waals surface area contributed by atoms with E-state index >= 15 is 0 Å². The Bertz CT molecular complexity index is 215. The maximum absolute atomic E-state index is 5.73. The van der Waals surface area contributed by atoms with E-state index in [0.29, 0.717) is 5.88 Å². The minimum absolute atomic E-state index is 0.660. The van der Waals surface area contributed by atoms with Gasteiger partial charge in [-0.05, 0) is 29.9 Å². The molecule has 0 aliphatic rings. The van der Waals surface area contributed by atoms with Gasteiger partial charge in [-0.1, -0.05) is 6.92 Å². The van der Waals surface area contributed by atoms with Crippen LogP contribution in [0.15, 0.2) is 5.38 Å². The molecule has 0 amide bonds. The highest BCUT2D eigenvalue weighted by molar-refractivity contribution is 7.10. The molecule has 2 heteroatoms. The Balaban J connectivity index is 3.01. The fraction of sp³-hybridized carbons (Fsp3) is 0.500. The highest BCUT2D eigenvalue weighted by atomic mass is 35.5. The van der Waals surface area contributed by atoms with Gasteiger partial charge in [0, 0.05) is 10.8 Å². The predicted molar refractivity (Wildman–Crippen MR) is 48.0 cm³/mol. The lowest BCUT2D eigenvalue weighted by Crippen LogP contribution is -1.84. The summed E-state index contributed by atoms with van der Waals surface area (Å²) in [6.07, 6.45) is 1.11. The van der Waals surface area contributed by atoms with Gasteiger partial charge in [-0.2, -0.15) is 0 Å². The van der Waals surface area contributed by atoms with E-state index in [0.717, 1.165) is 6.42 Å². The van der Waals surface area contributed by atoms with Crippen molar-refractivity contribution in [2.45, 2.75) is 26.1 Å². The van der Waals surface area contributed by atoms with E-state index in [1.807, 2.05) is 0 Å². The monoisotopic (exact) mass is 174 g/mol. The van der Waals surface area contributed by atoms with E-state index in [-0.39, 0.29) is 0 Å². The molecule has 0 aliphatic carbocycles. The summed E-state index contributed by atoms with van der Waals surface area (Å²) in [6, 6.07) is 0. The molecule has 0 saturated carbocycles. The Morgan fingerprint density at radius 2 is 2.30 bits per heavy atom. The molecule has 10 heavy (non-hydrogen) atoms. The lowest BCUT2D eigenvalue weighted by molar-refractivity contribution is 1.10. The second-order valence-corrected chi connectivity index (χ2v) is 3.63. The van der Waals surface area contributed by atoms with Gasteiger partial charge in [-0.25, -0.2) is 0 Å². The number of alkyl halides is 1. The molecule has 0 aliphatic heterocycles. The van der Waals surface area contributed by atoms with E-state index in [1.54, 1.807) is 11.3 Å². The van der Waals surface area contributed by atoms with Gasteiger partial charge in [0.15, 0.2) is 0 Å². The van der Waals surface area contributed by atoms with E-state index in [2.05, 4.69) is 19.2 Å². The molecule has 1 aromatic rings. The summed E-state index contributed by atoms with van der Waals surface area (Å²) in [5, 5.41) is 2.15. The lowest BCUT2D eigenvalue weighted by Gasteiger charge is -1.96. The van der Waals surface area contributed by atoms with Crippen LogP contribution in [0.25, 0.3) is 0 Å². The van der Waals surface area contributed by atoms with Crippen molar-refractivity contribution in [3.8, 4) is 0 Å². The molecule has 0 saturated heterocycles. The van der Waals surface area contributed by atoms with Gasteiger partial charge in [0.1, 0.15) is 0 Å². The molecule has 0 unspecified atom stereocenters. The first-order valence-corrected chi connectivity index (χ1v) is 4.82. The van der Waals surface area contributed by atoms with E-state index in [9.17, 15) is 0 Å². The van der Waals surface area contributed by atoms with Gasteiger partial charge in [0.25, 0.3) is 0 Å². The molecular formula is C8H11ClS. The molecule has 0 radical (unpaired) electrons. The van der Waals surface area contributed by atoms with Crippen molar-refractivity contribution in [2.75, 3.05) is 0 Å².